The van der Waals surface area contributed by atoms with Crippen molar-refractivity contribution in [1.29, 1.82) is 0 Å². The molecule has 5 nitrogen and oxygen atoms in total. The fourth-order valence-electron chi connectivity index (χ4n) is 6.17. The van der Waals surface area contributed by atoms with Gasteiger partial charge in [-0.05, 0) is 78.9 Å². The van der Waals surface area contributed by atoms with Crippen molar-refractivity contribution >= 4 is 38.4 Å². The van der Waals surface area contributed by atoms with E-state index in [0.29, 0.717) is 22.7 Å². The fourth-order valence-corrected chi connectivity index (χ4v) is 6.17. The van der Waals surface area contributed by atoms with E-state index in [1.54, 1.807) is 7.11 Å². The SMILES string of the molecule is CCC(CC)C(=O)/C=C(\O)C(CC)CC.[2H]c1c([2H])c([2H])c2c([2H])c3nc(-c4c(C)cccc4C)c(-c4[c-]c5ccccc5c(OC)c4)nc3c([2H])c2c1[2H].[Ir]. The Morgan fingerprint density at radius 3 is 1.98 bits per heavy atom. The first-order valence-corrected chi connectivity index (χ1v) is 16.9. The second-order valence-electron chi connectivity index (χ2n) is 12.2. The number of aryl methyl sites for hydroxylation is 2. The average Bonchev–Trinajstić information content (AvgIpc) is 3.18. The van der Waals surface area contributed by atoms with Crippen LogP contribution in [0.25, 0.3) is 55.1 Å². The summed E-state index contributed by atoms with van der Waals surface area (Å²) in [5, 5.41) is 11.4. The van der Waals surface area contributed by atoms with Crippen LogP contribution in [0.3, 0.4) is 0 Å². The van der Waals surface area contributed by atoms with Crippen LogP contribution in [0.5, 0.6) is 5.75 Å². The number of methoxy groups -OCH3 is 1. The predicted octanol–water partition coefficient (Wildman–Crippen LogP) is 11.6. The Morgan fingerprint density at radius 1 is 0.860 bits per heavy atom. The quantitative estimate of drug-likeness (QED) is 0.0643. The summed E-state index contributed by atoms with van der Waals surface area (Å²) in [6.07, 6.45) is 4.91. The Balaban J connectivity index is 0.000000372. The smallest absolute Gasteiger partial charge is 0.162 e. The number of carbonyl (C=O) groups excluding carboxylic acids is 1. The molecule has 0 aliphatic carbocycles. The third-order valence-electron chi connectivity index (χ3n) is 9.08. The third-order valence-corrected chi connectivity index (χ3v) is 9.08. The van der Waals surface area contributed by atoms with Gasteiger partial charge in [0.2, 0.25) is 0 Å². The molecule has 0 aliphatic rings. The number of fused-ring (bicyclic) bond motifs is 3. The van der Waals surface area contributed by atoms with Gasteiger partial charge in [-0.15, -0.1) is 17.5 Å². The largest absolute Gasteiger partial charge is 0.512 e. The second kappa shape index (κ2) is 17.5. The summed E-state index contributed by atoms with van der Waals surface area (Å²) < 4.78 is 56.9. The maximum atomic E-state index is 11.7. The fraction of sp³-hybridized carbons (Fsp3) is 0.295. The summed E-state index contributed by atoms with van der Waals surface area (Å²) in [5.74, 6) is 1.17. The Hall–Kier alpha value is -4.38. The first-order chi connectivity index (χ1) is 26.2. The van der Waals surface area contributed by atoms with Crippen molar-refractivity contribution in [3.8, 4) is 28.3 Å². The number of hydrogen-bond acceptors (Lipinski definition) is 5. The van der Waals surface area contributed by atoms with Gasteiger partial charge in [0.05, 0.1) is 43.6 Å². The number of hydrogen-bond donors (Lipinski definition) is 1. The molecule has 0 bridgehead atoms. The number of nitrogens with zero attached hydrogens (tertiary/aromatic N) is 2. The maximum absolute atomic E-state index is 11.7. The number of allylic oxidation sites excluding steroid dienone is 2. The van der Waals surface area contributed by atoms with Crippen molar-refractivity contribution in [2.45, 2.75) is 67.2 Å². The van der Waals surface area contributed by atoms with Gasteiger partial charge in [-0.25, -0.2) is 0 Å². The second-order valence-corrected chi connectivity index (χ2v) is 12.2. The molecule has 1 N–H and O–H groups in total. The van der Waals surface area contributed by atoms with Crippen molar-refractivity contribution < 1.29 is 43.0 Å². The minimum absolute atomic E-state index is 0. The molecule has 5 aromatic carbocycles. The monoisotopic (exact) mass is 850 g/mol. The van der Waals surface area contributed by atoms with E-state index < -0.39 is 12.1 Å². The number of rotatable bonds is 10. The summed E-state index contributed by atoms with van der Waals surface area (Å²) in [5.41, 5.74) is 4.40. The van der Waals surface area contributed by atoms with Gasteiger partial charge in [-0.1, -0.05) is 99.9 Å². The van der Waals surface area contributed by atoms with Crippen LogP contribution in [0.2, 0.25) is 0 Å². The zero-order valence-electron chi connectivity index (χ0n) is 35.7. The average molecular weight is 850 g/mol. The molecule has 261 valence electrons. The Labute approximate surface area is 318 Å². The molecule has 6 aromatic rings. The summed E-state index contributed by atoms with van der Waals surface area (Å²) >= 11 is 0. The number of aromatic nitrogens is 2. The molecule has 0 atom stereocenters. The van der Waals surface area contributed by atoms with E-state index in [1.807, 2.05) is 90.1 Å². The molecule has 1 heterocycles. The topological polar surface area (TPSA) is 72.3 Å². The molecule has 0 unspecified atom stereocenters. The molecular weight excluding hydrogens is 797 g/mol. The van der Waals surface area contributed by atoms with Crippen molar-refractivity contribution in [2.24, 2.45) is 11.8 Å². The van der Waals surface area contributed by atoms with Gasteiger partial charge in [-0.3, -0.25) is 14.8 Å². The van der Waals surface area contributed by atoms with Crippen molar-refractivity contribution in [2.75, 3.05) is 7.11 Å². The molecule has 0 aliphatic heterocycles. The van der Waals surface area contributed by atoms with E-state index in [1.165, 1.54) is 6.08 Å². The van der Waals surface area contributed by atoms with Crippen LogP contribution in [-0.2, 0) is 24.9 Å². The maximum Gasteiger partial charge on any atom is 0.162 e. The van der Waals surface area contributed by atoms with Crippen LogP contribution >= 0.6 is 0 Å². The predicted molar refractivity (Wildman–Crippen MR) is 204 cm³/mol. The molecule has 6 rings (SSSR count). The van der Waals surface area contributed by atoms with Gasteiger partial charge in [0, 0.05) is 49.3 Å². The van der Waals surface area contributed by atoms with E-state index in [0.717, 1.165) is 53.1 Å². The van der Waals surface area contributed by atoms with Gasteiger partial charge in [0.15, 0.2) is 5.78 Å². The number of carbonyl (C=O) groups is 1. The summed E-state index contributed by atoms with van der Waals surface area (Å²) in [6.45, 7) is 12.0. The molecule has 6 heteroatoms. The van der Waals surface area contributed by atoms with Crippen LogP contribution in [0.1, 0.15) is 72.7 Å². The normalized spacial score (nSPS) is 13.2. The molecule has 0 amide bonds. The van der Waals surface area contributed by atoms with Gasteiger partial charge >= 0.3 is 0 Å². The minimum Gasteiger partial charge on any atom is -0.512 e. The third kappa shape index (κ3) is 8.31. The first-order valence-electron chi connectivity index (χ1n) is 19.9. The Morgan fingerprint density at radius 2 is 1.42 bits per heavy atom. The van der Waals surface area contributed by atoms with Gasteiger partial charge < -0.3 is 9.84 Å². The Bertz CT molecular complexity index is 2440. The summed E-state index contributed by atoms with van der Waals surface area (Å²) in [4.78, 5) is 21.6. The molecule has 0 saturated heterocycles. The van der Waals surface area contributed by atoms with Gasteiger partial charge in [0.25, 0.3) is 0 Å². The van der Waals surface area contributed by atoms with Crippen LogP contribution in [0, 0.1) is 31.7 Å². The van der Waals surface area contributed by atoms with Gasteiger partial charge in [0.1, 0.15) is 0 Å². The van der Waals surface area contributed by atoms with E-state index in [-0.39, 0.29) is 89.5 Å². The van der Waals surface area contributed by atoms with Crippen molar-refractivity contribution in [3.05, 3.63) is 114 Å². The van der Waals surface area contributed by atoms with E-state index in [4.69, 9.17) is 22.9 Å². The minimum atomic E-state index is -0.460. The van der Waals surface area contributed by atoms with E-state index >= 15 is 0 Å². The van der Waals surface area contributed by atoms with Crippen LogP contribution in [0.15, 0.2) is 96.6 Å². The van der Waals surface area contributed by atoms with Crippen LogP contribution in [-0.4, -0.2) is 28.0 Å². The molecule has 0 saturated carbocycles. The zero-order valence-corrected chi connectivity index (χ0v) is 32.1. The number of ether oxygens (including phenoxy) is 1. The summed E-state index contributed by atoms with van der Waals surface area (Å²) in [7, 11) is 1.59. The molecular formula is C44H47IrN2O3-. The molecule has 50 heavy (non-hydrogen) atoms. The van der Waals surface area contributed by atoms with Gasteiger partial charge in [-0.2, -0.15) is 0 Å². The van der Waals surface area contributed by atoms with Crippen LogP contribution in [0.4, 0.5) is 0 Å². The van der Waals surface area contributed by atoms with Crippen LogP contribution < -0.4 is 4.74 Å². The molecule has 0 spiro atoms. The van der Waals surface area contributed by atoms with E-state index in [2.05, 4.69) is 6.07 Å². The number of ketones is 1. The molecule has 1 radical (unpaired) electrons. The zero-order chi connectivity index (χ0) is 40.3. The summed E-state index contributed by atoms with van der Waals surface area (Å²) in [6, 6.07) is 16.8. The molecule has 0 fully saturated rings. The van der Waals surface area contributed by atoms with Crippen molar-refractivity contribution in [3.63, 3.8) is 0 Å². The number of benzene rings is 5. The first kappa shape index (κ1) is 30.4. The Kier molecular flexibility index (Phi) is 10.7. The van der Waals surface area contributed by atoms with Crippen molar-refractivity contribution in [1.82, 2.24) is 9.97 Å². The standard InChI is InChI=1S/C31H23N2O.C13H24O2.Ir/c1-19-9-8-10-20(2)29(19)31-30(24-15-23-13-6-7-14-25(23)28(18-24)34-3)32-26-16-21-11-4-5-12-22(21)17-27(26)33-31;1-5-10(6-2)12(14)9-13(15)11(7-3)8-4;/h4-14,16-18H,1-3H3;9-11,14H,5-8H2,1-4H3;/q-1;;/b;12-9-;/i4D,5D,11D,12D,16D,17D;;. The molecule has 1 aromatic heterocycles. The van der Waals surface area contributed by atoms with E-state index in [9.17, 15) is 9.90 Å². The number of aliphatic hydroxyl groups excluding tert-OH is 1. The number of aliphatic hydroxyl groups is 1.